The molecule has 148 valence electrons. The molecule has 1 N–H and O–H groups in total. The molecular weight excluding hydrogens is 450 g/mol. The van der Waals surface area contributed by atoms with Gasteiger partial charge in [-0.3, -0.25) is 0 Å². The molecule has 3 nitrogen and oxygen atoms in total. The number of nitrogens with one attached hydrogen (secondary N) is 1. The van der Waals surface area contributed by atoms with Crippen molar-refractivity contribution >= 4 is 45.9 Å². The van der Waals surface area contributed by atoms with Crippen molar-refractivity contribution in [2.24, 2.45) is 0 Å². The van der Waals surface area contributed by atoms with Gasteiger partial charge in [-0.2, -0.15) is 13.2 Å². The number of fused-ring (bicyclic) bond motifs is 1. The number of hydrogen-bond donors (Lipinski definition) is 1. The molecule has 2 aromatic carbocycles. The summed E-state index contributed by atoms with van der Waals surface area (Å²) < 4.78 is 40.5. The number of hydrogen-bond acceptors (Lipinski definition) is 3. The molecule has 0 aliphatic carbocycles. The molecule has 0 fully saturated rings. The quantitative estimate of drug-likeness (QED) is 0.475. The highest BCUT2D eigenvalue weighted by atomic mass is 79.9. The lowest BCUT2D eigenvalue weighted by Crippen LogP contribution is -2.12. The Labute approximate surface area is 171 Å². The maximum Gasteiger partial charge on any atom is 0.416 e. The number of nitrogens with zero attached hydrogens (tertiary/aromatic N) is 2. The van der Waals surface area contributed by atoms with Gasteiger partial charge in [-0.25, -0.2) is 9.97 Å². The normalized spacial score (nSPS) is 12.0. The van der Waals surface area contributed by atoms with Crippen molar-refractivity contribution in [1.82, 2.24) is 9.97 Å². The Morgan fingerprint density at radius 1 is 1.11 bits per heavy atom. The number of rotatable bonds is 4. The number of aryl methyl sites for hydroxylation is 1. The van der Waals surface area contributed by atoms with E-state index in [0.717, 1.165) is 21.4 Å². The average molecular weight is 470 g/mol. The van der Waals surface area contributed by atoms with Gasteiger partial charge in [0.15, 0.2) is 0 Å². The van der Waals surface area contributed by atoms with Crippen LogP contribution in [0.3, 0.4) is 0 Å². The highest BCUT2D eigenvalue weighted by Crippen LogP contribution is 2.34. The molecule has 0 spiro atoms. The zero-order valence-electron chi connectivity index (χ0n) is 15.9. The maximum absolute atomic E-state index is 13.2. The minimum Gasteiger partial charge on any atom is -0.365 e. The average Bonchev–Trinajstić information content (AvgIpc) is 2.58. The van der Waals surface area contributed by atoms with E-state index in [1.807, 2.05) is 6.07 Å². The molecule has 28 heavy (non-hydrogen) atoms. The number of alkyl halides is 3. The van der Waals surface area contributed by atoms with Gasteiger partial charge in [0.25, 0.3) is 0 Å². The minimum atomic E-state index is -4.36. The summed E-state index contributed by atoms with van der Waals surface area (Å²) in [6.07, 6.45) is -4.36. The van der Waals surface area contributed by atoms with Crippen molar-refractivity contribution in [3.8, 4) is 0 Å². The van der Waals surface area contributed by atoms with Crippen LogP contribution in [-0.2, 0) is 12.7 Å². The Hall–Kier alpha value is -1.72. The fourth-order valence-corrected chi connectivity index (χ4v) is 5.37. The van der Waals surface area contributed by atoms with Crippen molar-refractivity contribution in [2.45, 2.75) is 26.6 Å². The van der Waals surface area contributed by atoms with E-state index in [-0.39, 0.29) is 20.0 Å². The topological polar surface area (TPSA) is 37.8 Å². The number of aromatic nitrogens is 2. The van der Waals surface area contributed by atoms with Gasteiger partial charge < -0.3 is 5.32 Å². The lowest BCUT2D eigenvalue weighted by atomic mass is 10.0. The molecule has 8 heteroatoms. The molecule has 3 rings (SSSR count). The SMILES string of the molecule is Cc1nc(NCc2cccc(C(F)(F)F)c2C)c2cc(P(C)C)c(Br)cc2n1. The van der Waals surface area contributed by atoms with Crippen LogP contribution in [0.1, 0.15) is 22.5 Å². The highest BCUT2D eigenvalue weighted by molar-refractivity contribution is 9.10. The summed E-state index contributed by atoms with van der Waals surface area (Å²) in [5.41, 5.74) is 1.00. The Morgan fingerprint density at radius 3 is 2.46 bits per heavy atom. The summed E-state index contributed by atoms with van der Waals surface area (Å²) in [6.45, 7) is 7.87. The van der Waals surface area contributed by atoms with Crippen LogP contribution in [0.25, 0.3) is 10.9 Å². The molecule has 0 unspecified atom stereocenters. The molecule has 1 heterocycles. The number of benzene rings is 2. The van der Waals surface area contributed by atoms with Crippen LogP contribution in [0, 0.1) is 13.8 Å². The van der Waals surface area contributed by atoms with E-state index < -0.39 is 11.7 Å². The molecule has 0 atom stereocenters. The summed E-state index contributed by atoms with van der Waals surface area (Å²) in [5.74, 6) is 1.23. The molecule has 0 aliphatic heterocycles. The second kappa shape index (κ2) is 7.96. The lowest BCUT2D eigenvalue weighted by Gasteiger charge is -2.16. The summed E-state index contributed by atoms with van der Waals surface area (Å²) in [4.78, 5) is 8.99. The van der Waals surface area contributed by atoms with Gasteiger partial charge in [0.2, 0.25) is 0 Å². The van der Waals surface area contributed by atoms with Gasteiger partial charge in [-0.15, -0.1) is 0 Å². The fraction of sp³-hybridized carbons (Fsp3) is 0.300. The second-order valence-electron chi connectivity index (χ2n) is 6.78. The van der Waals surface area contributed by atoms with Crippen LogP contribution in [0.4, 0.5) is 19.0 Å². The van der Waals surface area contributed by atoms with Gasteiger partial charge in [0.05, 0.1) is 11.1 Å². The molecule has 0 amide bonds. The Kier molecular flexibility index (Phi) is 5.97. The summed E-state index contributed by atoms with van der Waals surface area (Å²) in [5, 5.41) is 5.28. The first-order chi connectivity index (χ1) is 13.1. The van der Waals surface area contributed by atoms with Gasteiger partial charge >= 0.3 is 6.18 Å². The molecular formula is C20H20BrF3N3P. The Balaban J connectivity index is 2.00. The molecule has 0 saturated carbocycles. The van der Waals surface area contributed by atoms with Gasteiger partial charge in [0.1, 0.15) is 11.6 Å². The van der Waals surface area contributed by atoms with Crippen molar-refractivity contribution in [3.63, 3.8) is 0 Å². The summed E-state index contributed by atoms with van der Waals surface area (Å²) in [7, 11) is -0.341. The molecule has 0 bridgehead atoms. The zero-order chi connectivity index (χ0) is 20.6. The molecule has 0 saturated heterocycles. The van der Waals surface area contributed by atoms with E-state index in [4.69, 9.17) is 0 Å². The first kappa shape index (κ1) is 21.0. The third-order valence-electron chi connectivity index (χ3n) is 4.56. The second-order valence-corrected chi connectivity index (χ2v) is 9.90. The van der Waals surface area contributed by atoms with E-state index in [2.05, 4.69) is 50.6 Å². The van der Waals surface area contributed by atoms with E-state index >= 15 is 0 Å². The summed E-state index contributed by atoms with van der Waals surface area (Å²) >= 11 is 3.61. The number of anilines is 1. The van der Waals surface area contributed by atoms with Crippen LogP contribution < -0.4 is 10.6 Å². The van der Waals surface area contributed by atoms with Crippen LogP contribution in [0.2, 0.25) is 0 Å². The largest absolute Gasteiger partial charge is 0.416 e. The molecule has 1 aromatic heterocycles. The van der Waals surface area contributed by atoms with E-state index in [1.165, 1.54) is 18.3 Å². The fourth-order valence-electron chi connectivity index (χ4n) is 3.09. The molecule has 0 aliphatic rings. The first-order valence-electron chi connectivity index (χ1n) is 8.62. The van der Waals surface area contributed by atoms with Crippen molar-refractivity contribution in [1.29, 1.82) is 0 Å². The van der Waals surface area contributed by atoms with Crippen molar-refractivity contribution in [3.05, 3.63) is 57.3 Å². The van der Waals surface area contributed by atoms with E-state index in [1.54, 1.807) is 13.0 Å². The van der Waals surface area contributed by atoms with Gasteiger partial charge in [-0.1, -0.05) is 36.0 Å². The predicted octanol–water partition coefficient (Wildman–Crippen LogP) is 6.01. The standard InChI is InChI=1S/C20H20BrF3N3P/c1-11-13(6-5-7-15(11)20(22,23)24)10-25-19-14-8-18(28(3)4)16(21)9-17(14)26-12(2)27-19/h5-9H,10H2,1-4H3,(H,25,26,27). The van der Waals surface area contributed by atoms with Crippen LogP contribution in [0.15, 0.2) is 34.8 Å². The predicted molar refractivity (Wildman–Crippen MR) is 114 cm³/mol. The van der Waals surface area contributed by atoms with Crippen molar-refractivity contribution in [2.75, 3.05) is 18.6 Å². The van der Waals surface area contributed by atoms with E-state index in [9.17, 15) is 13.2 Å². The Bertz CT molecular complexity index is 1040. The summed E-state index contributed by atoms with van der Waals surface area (Å²) in [6, 6.07) is 8.28. The monoisotopic (exact) mass is 469 g/mol. The molecule has 0 radical (unpaired) electrons. The zero-order valence-corrected chi connectivity index (χ0v) is 18.4. The van der Waals surface area contributed by atoms with Crippen LogP contribution in [-0.4, -0.2) is 23.3 Å². The third kappa shape index (κ3) is 4.31. The van der Waals surface area contributed by atoms with Gasteiger partial charge in [-0.05, 0) is 61.8 Å². The van der Waals surface area contributed by atoms with Crippen LogP contribution in [0.5, 0.6) is 0 Å². The van der Waals surface area contributed by atoms with Gasteiger partial charge in [0, 0.05) is 16.4 Å². The highest BCUT2D eigenvalue weighted by Gasteiger charge is 2.32. The first-order valence-corrected chi connectivity index (χ1v) is 11.7. The smallest absolute Gasteiger partial charge is 0.365 e. The van der Waals surface area contributed by atoms with Crippen LogP contribution >= 0.6 is 23.9 Å². The number of halogens is 4. The minimum absolute atomic E-state index is 0.228. The molecule has 3 aromatic rings. The lowest BCUT2D eigenvalue weighted by molar-refractivity contribution is -0.138. The maximum atomic E-state index is 13.2. The third-order valence-corrected chi connectivity index (χ3v) is 6.85. The van der Waals surface area contributed by atoms with Crippen molar-refractivity contribution < 1.29 is 13.2 Å². The van der Waals surface area contributed by atoms with E-state index in [0.29, 0.717) is 17.2 Å². The Morgan fingerprint density at radius 2 is 1.82 bits per heavy atom.